The number of benzene rings is 2. The Morgan fingerprint density at radius 1 is 1.10 bits per heavy atom. The number of nitrogens with zero attached hydrogens (tertiary/aromatic N) is 4. The van der Waals surface area contributed by atoms with Crippen molar-refractivity contribution in [1.82, 2.24) is 19.7 Å². The lowest BCUT2D eigenvalue weighted by Gasteiger charge is -2.20. The summed E-state index contributed by atoms with van der Waals surface area (Å²) in [6, 6.07) is 19.0. The fourth-order valence-corrected chi connectivity index (χ4v) is 3.78. The van der Waals surface area contributed by atoms with E-state index in [0.29, 0.717) is 22.7 Å². The number of hydrogen-bond acceptors (Lipinski definition) is 5. The van der Waals surface area contributed by atoms with E-state index in [-0.39, 0.29) is 17.2 Å². The van der Waals surface area contributed by atoms with Crippen molar-refractivity contribution in [2.45, 2.75) is 12.1 Å². The highest BCUT2D eigenvalue weighted by molar-refractivity contribution is 7.99. The molecule has 0 radical (unpaired) electrons. The van der Waals surface area contributed by atoms with Gasteiger partial charge in [-0.25, -0.2) is 9.67 Å². The van der Waals surface area contributed by atoms with Gasteiger partial charge in [0.2, 0.25) is 5.91 Å². The van der Waals surface area contributed by atoms with Crippen LogP contribution in [0.2, 0.25) is 0 Å². The molecule has 0 saturated carbocycles. The Labute approximate surface area is 171 Å². The Balaban J connectivity index is 1.58. The van der Waals surface area contributed by atoms with Gasteiger partial charge in [-0.2, -0.15) is 5.10 Å². The van der Waals surface area contributed by atoms with Gasteiger partial charge in [-0.15, -0.1) is 0 Å². The van der Waals surface area contributed by atoms with E-state index in [1.165, 1.54) is 18.0 Å². The van der Waals surface area contributed by atoms with Crippen LogP contribution in [-0.4, -0.2) is 38.0 Å². The van der Waals surface area contributed by atoms with Crippen molar-refractivity contribution in [3.05, 3.63) is 77.2 Å². The van der Waals surface area contributed by atoms with Crippen LogP contribution in [-0.2, 0) is 4.79 Å². The molecule has 29 heavy (non-hydrogen) atoms. The van der Waals surface area contributed by atoms with Gasteiger partial charge in [0, 0.05) is 12.2 Å². The van der Waals surface area contributed by atoms with Gasteiger partial charge >= 0.3 is 0 Å². The van der Waals surface area contributed by atoms with Crippen LogP contribution in [0.5, 0.6) is 0 Å². The minimum atomic E-state index is -0.275. The van der Waals surface area contributed by atoms with Crippen LogP contribution >= 0.6 is 11.8 Å². The number of H-pyrrole nitrogens is 1. The highest BCUT2D eigenvalue weighted by atomic mass is 32.2. The van der Waals surface area contributed by atoms with Crippen LogP contribution in [0.4, 0.5) is 5.69 Å². The Bertz CT molecular complexity index is 1190. The van der Waals surface area contributed by atoms with E-state index in [4.69, 9.17) is 0 Å². The molecule has 2 aromatic carbocycles. The first-order valence-electron chi connectivity index (χ1n) is 9.19. The molecule has 0 bridgehead atoms. The second kappa shape index (κ2) is 8.32. The number of fused-ring (bicyclic) bond motifs is 1. The maximum absolute atomic E-state index is 12.7. The predicted octanol–water partition coefficient (Wildman–Crippen LogP) is 3.25. The molecule has 2 aromatic heterocycles. The molecule has 4 rings (SSSR count). The normalized spacial score (nSPS) is 10.9. The van der Waals surface area contributed by atoms with Crippen LogP contribution in [0.15, 0.2) is 76.8 Å². The van der Waals surface area contributed by atoms with Crippen molar-refractivity contribution < 1.29 is 4.79 Å². The van der Waals surface area contributed by atoms with Crippen molar-refractivity contribution in [3.8, 4) is 5.69 Å². The van der Waals surface area contributed by atoms with Gasteiger partial charge in [0.25, 0.3) is 5.56 Å². The zero-order chi connectivity index (χ0) is 20.2. The molecular formula is C21H19N5O2S. The summed E-state index contributed by atoms with van der Waals surface area (Å²) in [6.07, 6.45) is 1.50. The van der Waals surface area contributed by atoms with E-state index >= 15 is 0 Å². The lowest BCUT2D eigenvalue weighted by Crippen LogP contribution is -2.32. The van der Waals surface area contributed by atoms with Crippen molar-refractivity contribution >= 4 is 34.4 Å². The Morgan fingerprint density at radius 3 is 2.48 bits per heavy atom. The van der Waals surface area contributed by atoms with E-state index in [2.05, 4.69) is 15.1 Å². The summed E-state index contributed by atoms with van der Waals surface area (Å²) in [7, 11) is 0. The number of amides is 1. The molecule has 0 atom stereocenters. The van der Waals surface area contributed by atoms with Crippen LogP contribution in [0.3, 0.4) is 0 Å². The second-order valence-corrected chi connectivity index (χ2v) is 7.23. The first-order valence-corrected chi connectivity index (χ1v) is 10.2. The number of aromatic amines is 1. The highest BCUT2D eigenvalue weighted by Crippen LogP contribution is 2.20. The molecule has 0 saturated heterocycles. The summed E-state index contributed by atoms with van der Waals surface area (Å²) in [4.78, 5) is 34.1. The molecule has 7 nitrogen and oxygen atoms in total. The number of nitrogens with one attached hydrogen (secondary N) is 1. The Kier molecular flexibility index (Phi) is 5.44. The van der Waals surface area contributed by atoms with Crippen LogP contribution in [0, 0.1) is 0 Å². The van der Waals surface area contributed by atoms with Gasteiger partial charge in [-0.05, 0) is 31.2 Å². The van der Waals surface area contributed by atoms with Crippen LogP contribution in [0.25, 0.3) is 16.7 Å². The van der Waals surface area contributed by atoms with Gasteiger partial charge in [0.05, 0.1) is 17.6 Å². The average Bonchev–Trinajstić information content (AvgIpc) is 3.19. The minimum Gasteiger partial charge on any atom is -0.312 e. The molecule has 0 unspecified atom stereocenters. The number of carbonyl (C=O) groups excluding carboxylic acids is 1. The third-order valence-corrected chi connectivity index (χ3v) is 5.29. The van der Waals surface area contributed by atoms with Crippen LogP contribution < -0.4 is 10.5 Å². The third kappa shape index (κ3) is 3.93. The summed E-state index contributed by atoms with van der Waals surface area (Å²) in [5.41, 5.74) is 1.85. The molecule has 0 aliphatic carbocycles. The fraction of sp³-hybridized carbons (Fsp3) is 0.143. The van der Waals surface area contributed by atoms with Gasteiger partial charge in [0.15, 0.2) is 10.8 Å². The summed E-state index contributed by atoms with van der Waals surface area (Å²) in [5, 5.41) is 5.09. The molecule has 146 valence electrons. The molecule has 2 heterocycles. The van der Waals surface area contributed by atoms with Crippen molar-refractivity contribution in [1.29, 1.82) is 0 Å². The maximum Gasteiger partial charge on any atom is 0.262 e. The fourth-order valence-electron chi connectivity index (χ4n) is 3.04. The SMILES string of the molecule is CCN(C(=O)CSc1nc2c(cnn2-c2ccccc2)c(=O)[nH]1)c1ccccc1. The third-order valence-electron chi connectivity index (χ3n) is 4.43. The molecule has 0 aliphatic heterocycles. The topological polar surface area (TPSA) is 83.9 Å². The van der Waals surface area contributed by atoms with Crippen molar-refractivity contribution in [3.63, 3.8) is 0 Å². The summed E-state index contributed by atoms with van der Waals surface area (Å²) >= 11 is 1.20. The summed E-state index contributed by atoms with van der Waals surface area (Å²) in [5.74, 6) is 0.111. The molecule has 1 N–H and O–H groups in total. The molecular weight excluding hydrogens is 386 g/mol. The van der Waals surface area contributed by atoms with E-state index < -0.39 is 0 Å². The quantitative estimate of drug-likeness (QED) is 0.393. The zero-order valence-electron chi connectivity index (χ0n) is 15.8. The summed E-state index contributed by atoms with van der Waals surface area (Å²) < 4.78 is 1.62. The Morgan fingerprint density at radius 2 is 1.79 bits per heavy atom. The average molecular weight is 405 g/mol. The van der Waals surface area contributed by atoms with Crippen LogP contribution in [0.1, 0.15) is 6.92 Å². The molecule has 1 amide bonds. The van der Waals surface area contributed by atoms with Gasteiger partial charge in [-0.1, -0.05) is 48.2 Å². The van der Waals surface area contributed by atoms with Gasteiger partial charge in [-0.3, -0.25) is 9.59 Å². The number of carbonyl (C=O) groups is 1. The number of rotatable bonds is 6. The number of para-hydroxylation sites is 2. The molecule has 0 spiro atoms. The maximum atomic E-state index is 12.7. The number of aromatic nitrogens is 4. The molecule has 8 heteroatoms. The van der Waals surface area contributed by atoms with E-state index in [1.54, 1.807) is 9.58 Å². The standard InChI is InChI=1S/C21H19N5O2S/c1-2-25(15-9-5-3-6-10-15)18(27)14-29-21-23-19-17(20(28)24-21)13-22-26(19)16-11-7-4-8-12-16/h3-13H,2,14H2,1H3,(H,23,24,28). The number of thioether (sulfide) groups is 1. The van der Waals surface area contributed by atoms with Crippen molar-refractivity contribution in [2.24, 2.45) is 0 Å². The lowest BCUT2D eigenvalue weighted by atomic mass is 10.3. The molecule has 0 aliphatic rings. The predicted molar refractivity (Wildman–Crippen MR) is 115 cm³/mol. The van der Waals surface area contributed by atoms with E-state index in [9.17, 15) is 9.59 Å². The first kappa shape index (κ1) is 18.9. The highest BCUT2D eigenvalue weighted by Gasteiger charge is 2.16. The van der Waals surface area contributed by atoms with Gasteiger partial charge < -0.3 is 9.88 Å². The first-order chi connectivity index (χ1) is 14.2. The largest absolute Gasteiger partial charge is 0.312 e. The lowest BCUT2D eigenvalue weighted by molar-refractivity contribution is -0.116. The second-order valence-electron chi connectivity index (χ2n) is 6.26. The monoisotopic (exact) mass is 405 g/mol. The van der Waals surface area contributed by atoms with E-state index in [0.717, 1.165) is 11.4 Å². The van der Waals surface area contributed by atoms with E-state index in [1.807, 2.05) is 67.6 Å². The van der Waals surface area contributed by atoms with Gasteiger partial charge in [0.1, 0.15) is 5.39 Å². The Hall–Kier alpha value is -3.39. The smallest absolute Gasteiger partial charge is 0.262 e. The number of hydrogen-bond donors (Lipinski definition) is 1. The number of anilines is 1. The molecule has 0 fully saturated rings. The van der Waals surface area contributed by atoms with Crippen molar-refractivity contribution in [2.75, 3.05) is 17.2 Å². The summed E-state index contributed by atoms with van der Waals surface area (Å²) in [6.45, 7) is 2.49. The molecule has 4 aromatic rings. The minimum absolute atomic E-state index is 0.0528. The zero-order valence-corrected chi connectivity index (χ0v) is 16.6.